The van der Waals surface area contributed by atoms with E-state index in [1.54, 1.807) is 0 Å². The molecule has 1 unspecified atom stereocenters. The molecular weight excluding hydrogens is 263 g/mol. The van der Waals surface area contributed by atoms with E-state index < -0.39 is 0 Å². The lowest BCUT2D eigenvalue weighted by Gasteiger charge is -2.55. The molecule has 2 aliphatic rings. The van der Waals surface area contributed by atoms with E-state index in [4.69, 9.17) is 0 Å². The van der Waals surface area contributed by atoms with Crippen LogP contribution in [0.25, 0.3) is 0 Å². The molecule has 1 aromatic rings. The second-order valence-electron chi connectivity index (χ2n) is 6.95. The number of nitrogens with zero attached hydrogens (tertiary/aromatic N) is 1. The first-order chi connectivity index (χ1) is 10.2. The van der Waals surface area contributed by atoms with Crippen molar-refractivity contribution in [2.24, 2.45) is 0 Å². The van der Waals surface area contributed by atoms with Crippen molar-refractivity contribution in [3.05, 3.63) is 35.9 Å². The van der Waals surface area contributed by atoms with Crippen molar-refractivity contribution >= 4 is 0 Å². The number of hydrogen-bond acceptors (Lipinski definition) is 2. The minimum Gasteiger partial charge on any atom is -0.305 e. The predicted octanol–water partition coefficient (Wildman–Crippen LogP) is 3.48. The highest BCUT2D eigenvalue weighted by molar-refractivity contribution is 5.26. The summed E-state index contributed by atoms with van der Waals surface area (Å²) >= 11 is 0. The first-order valence-electron chi connectivity index (χ1n) is 8.30. The van der Waals surface area contributed by atoms with Crippen molar-refractivity contribution in [2.45, 2.75) is 50.1 Å². The highest BCUT2D eigenvalue weighted by Gasteiger charge is 2.46. The zero-order chi connectivity index (χ0) is 14.8. The lowest BCUT2D eigenvalue weighted by molar-refractivity contribution is -0.0190. The van der Waals surface area contributed by atoms with E-state index in [0.29, 0.717) is 6.54 Å². The lowest BCUT2D eigenvalue weighted by atomic mass is 9.75. The molecule has 1 spiro atoms. The van der Waals surface area contributed by atoms with E-state index in [1.807, 2.05) is 0 Å². The number of piperazine rings is 1. The van der Waals surface area contributed by atoms with Crippen LogP contribution in [0.15, 0.2) is 30.3 Å². The summed E-state index contributed by atoms with van der Waals surface area (Å²) in [6, 6.07) is 10.6. The predicted molar refractivity (Wildman–Crippen MR) is 85.2 cm³/mol. The van der Waals surface area contributed by atoms with Gasteiger partial charge in [-0.25, -0.2) is 4.39 Å². The van der Waals surface area contributed by atoms with Gasteiger partial charge in [-0.05, 0) is 25.3 Å². The van der Waals surface area contributed by atoms with Crippen LogP contribution < -0.4 is 5.32 Å². The summed E-state index contributed by atoms with van der Waals surface area (Å²) < 4.78 is 13.1. The molecule has 1 saturated carbocycles. The third kappa shape index (κ3) is 2.86. The summed E-state index contributed by atoms with van der Waals surface area (Å²) in [5.74, 6) is 0. The second-order valence-corrected chi connectivity index (χ2v) is 6.95. The van der Waals surface area contributed by atoms with Gasteiger partial charge in [-0.1, -0.05) is 49.6 Å². The largest absolute Gasteiger partial charge is 0.305 e. The normalized spacial score (nSPS) is 29.6. The Balaban J connectivity index is 1.83. The van der Waals surface area contributed by atoms with Crippen LogP contribution in [0.2, 0.25) is 0 Å². The van der Waals surface area contributed by atoms with Crippen LogP contribution in [0.1, 0.15) is 44.6 Å². The molecule has 21 heavy (non-hydrogen) atoms. The van der Waals surface area contributed by atoms with Crippen LogP contribution in [0.3, 0.4) is 0 Å². The van der Waals surface area contributed by atoms with Gasteiger partial charge in [0, 0.05) is 25.2 Å². The molecule has 1 atom stereocenters. The third-order valence-corrected chi connectivity index (χ3v) is 5.54. The molecule has 2 nitrogen and oxygen atoms in total. The molecule has 0 radical (unpaired) electrons. The van der Waals surface area contributed by atoms with Crippen LogP contribution in [-0.4, -0.2) is 36.7 Å². The Morgan fingerprint density at radius 2 is 1.86 bits per heavy atom. The Morgan fingerprint density at radius 1 is 1.14 bits per heavy atom. The Bertz CT molecular complexity index is 456. The summed E-state index contributed by atoms with van der Waals surface area (Å²) in [6.07, 6.45) is 6.33. The molecule has 0 amide bonds. The zero-order valence-corrected chi connectivity index (χ0v) is 13.1. The van der Waals surface area contributed by atoms with Gasteiger partial charge in [-0.15, -0.1) is 0 Å². The Kier molecular flexibility index (Phi) is 4.32. The fraction of sp³-hybridized carbons (Fsp3) is 0.667. The van der Waals surface area contributed by atoms with E-state index in [0.717, 1.165) is 13.1 Å². The first kappa shape index (κ1) is 15.0. The Morgan fingerprint density at radius 3 is 2.52 bits per heavy atom. The smallest absolute Gasteiger partial charge is 0.102 e. The first-order valence-corrected chi connectivity index (χ1v) is 8.30. The number of halogens is 1. The fourth-order valence-corrected chi connectivity index (χ4v) is 4.20. The van der Waals surface area contributed by atoms with Gasteiger partial charge < -0.3 is 5.32 Å². The van der Waals surface area contributed by atoms with E-state index in [9.17, 15) is 4.39 Å². The van der Waals surface area contributed by atoms with E-state index in [1.165, 1.54) is 37.7 Å². The van der Waals surface area contributed by atoms with Crippen LogP contribution in [0.4, 0.5) is 4.39 Å². The second kappa shape index (κ2) is 6.05. The molecule has 1 aliphatic carbocycles. The Hall–Kier alpha value is -0.930. The van der Waals surface area contributed by atoms with Gasteiger partial charge in [-0.3, -0.25) is 4.90 Å². The maximum absolute atomic E-state index is 13.1. The summed E-state index contributed by atoms with van der Waals surface area (Å²) in [5.41, 5.74) is 1.43. The molecule has 0 bridgehead atoms. The van der Waals surface area contributed by atoms with Crippen molar-refractivity contribution in [2.75, 3.05) is 26.3 Å². The van der Waals surface area contributed by atoms with Crippen molar-refractivity contribution < 1.29 is 4.39 Å². The Labute approximate surface area is 127 Å². The molecule has 1 saturated heterocycles. The SMILES string of the molecule is CC1(c2ccccc2)CN(CCF)C2(CCCCC2)CN1. The number of alkyl halides is 1. The number of rotatable bonds is 3. The lowest BCUT2D eigenvalue weighted by Crippen LogP contribution is -2.68. The van der Waals surface area contributed by atoms with E-state index in [-0.39, 0.29) is 17.8 Å². The van der Waals surface area contributed by atoms with Gasteiger partial charge in [0.2, 0.25) is 0 Å². The summed E-state index contributed by atoms with van der Waals surface area (Å²) in [4.78, 5) is 2.44. The van der Waals surface area contributed by atoms with Gasteiger partial charge in [-0.2, -0.15) is 0 Å². The quantitative estimate of drug-likeness (QED) is 0.917. The number of nitrogens with one attached hydrogen (secondary N) is 1. The molecule has 1 heterocycles. The van der Waals surface area contributed by atoms with Crippen LogP contribution >= 0.6 is 0 Å². The minimum atomic E-state index is -0.243. The van der Waals surface area contributed by atoms with Gasteiger partial charge in [0.1, 0.15) is 6.67 Å². The summed E-state index contributed by atoms with van der Waals surface area (Å²) in [6.45, 7) is 4.47. The van der Waals surface area contributed by atoms with Crippen molar-refractivity contribution in [1.29, 1.82) is 0 Å². The average Bonchev–Trinajstić information content (AvgIpc) is 2.54. The van der Waals surface area contributed by atoms with Crippen molar-refractivity contribution in [3.63, 3.8) is 0 Å². The highest BCUT2D eigenvalue weighted by atomic mass is 19.1. The van der Waals surface area contributed by atoms with Crippen molar-refractivity contribution in [1.82, 2.24) is 10.2 Å². The fourth-order valence-electron chi connectivity index (χ4n) is 4.20. The molecule has 3 heteroatoms. The molecule has 116 valence electrons. The molecule has 1 N–H and O–H groups in total. The van der Waals surface area contributed by atoms with Crippen LogP contribution in [0, 0.1) is 0 Å². The monoisotopic (exact) mass is 290 g/mol. The average molecular weight is 290 g/mol. The topological polar surface area (TPSA) is 15.3 Å². The number of hydrogen-bond donors (Lipinski definition) is 1. The standard InChI is InChI=1S/C18H27FN2/c1-17(16-8-4-2-5-9-16)15-21(13-12-19)18(14-20-17)10-6-3-7-11-18/h2,4-5,8-9,20H,3,6-7,10-15H2,1H3. The molecule has 0 aromatic heterocycles. The molecule has 1 aliphatic heterocycles. The molecule has 1 aromatic carbocycles. The van der Waals surface area contributed by atoms with E-state index in [2.05, 4.69) is 47.5 Å². The molecule has 3 rings (SSSR count). The maximum Gasteiger partial charge on any atom is 0.102 e. The molecule has 2 fully saturated rings. The van der Waals surface area contributed by atoms with E-state index >= 15 is 0 Å². The van der Waals surface area contributed by atoms with Gasteiger partial charge in [0.15, 0.2) is 0 Å². The van der Waals surface area contributed by atoms with Crippen LogP contribution in [-0.2, 0) is 5.54 Å². The summed E-state index contributed by atoms with van der Waals surface area (Å²) in [5, 5.41) is 3.80. The summed E-state index contributed by atoms with van der Waals surface area (Å²) in [7, 11) is 0. The zero-order valence-electron chi connectivity index (χ0n) is 13.1. The van der Waals surface area contributed by atoms with Gasteiger partial charge >= 0.3 is 0 Å². The highest BCUT2D eigenvalue weighted by Crippen LogP contribution is 2.39. The van der Waals surface area contributed by atoms with Crippen molar-refractivity contribution in [3.8, 4) is 0 Å². The maximum atomic E-state index is 13.1. The van der Waals surface area contributed by atoms with Gasteiger partial charge in [0.25, 0.3) is 0 Å². The molecular formula is C18H27FN2. The third-order valence-electron chi connectivity index (χ3n) is 5.54. The minimum absolute atomic E-state index is 0.0703. The van der Waals surface area contributed by atoms with Gasteiger partial charge in [0.05, 0.1) is 5.54 Å². The van der Waals surface area contributed by atoms with Crippen LogP contribution in [0.5, 0.6) is 0 Å². The number of benzene rings is 1.